The Bertz CT molecular complexity index is 494. The number of ether oxygens (including phenoxy) is 1. The van der Waals surface area contributed by atoms with Crippen LogP contribution >= 0.6 is 0 Å². The maximum absolute atomic E-state index is 13.2. The van der Waals surface area contributed by atoms with Gasteiger partial charge in [-0.15, -0.1) is 0 Å². The van der Waals surface area contributed by atoms with E-state index in [0.717, 1.165) is 38.4 Å². The summed E-state index contributed by atoms with van der Waals surface area (Å²) in [5, 5.41) is 6.56. The topological polar surface area (TPSA) is 48.9 Å². The highest BCUT2D eigenvalue weighted by Gasteiger charge is 2.09. The molecule has 1 unspecified atom stereocenters. The van der Waals surface area contributed by atoms with E-state index in [2.05, 4.69) is 34.6 Å². The minimum Gasteiger partial charge on any atom is -0.488 e. The lowest BCUT2D eigenvalue weighted by atomic mass is 10.2. The van der Waals surface area contributed by atoms with Gasteiger partial charge in [0, 0.05) is 19.2 Å². The second kappa shape index (κ2) is 11.7. The van der Waals surface area contributed by atoms with Gasteiger partial charge in [0.25, 0.3) is 0 Å². The van der Waals surface area contributed by atoms with E-state index in [-0.39, 0.29) is 11.9 Å². The van der Waals surface area contributed by atoms with Gasteiger partial charge >= 0.3 is 0 Å². The van der Waals surface area contributed by atoms with Crippen molar-refractivity contribution < 1.29 is 9.13 Å². The molecular formula is C18H31FN4O. The lowest BCUT2D eigenvalue weighted by molar-refractivity contribution is 0.205. The molecule has 1 atom stereocenters. The molecule has 0 amide bonds. The number of benzene rings is 1. The highest BCUT2D eigenvalue weighted by molar-refractivity contribution is 5.79. The Morgan fingerprint density at radius 1 is 1.29 bits per heavy atom. The molecule has 0 saturated heterocycles. The molecule has 0 fully saturated rings. The van der Waals surface area contributed by atoms with Gasteiger partial charge < -0.3 is 20.3 Å². The van der Waals surface area contributed by atoms with Gasteiger partial charge in [-0.2, -0.15) is 0 Å². The van der Waals surface area contributed by atoms with Crippen LogP contribution in [0.3, 0.4) is 0 Å². The smallest absolute Gasteiger partial charge is 0.191 e. The van der Waals surface area contributed by atoms with Gasteiger partial charge in [-0.05, 0) is 52.5 Å². The van der Waals surface area contributed by atoms with Crippen LogP contribution in [-0.4, -0.2) is 57.2 Å². The minimum atomic E-state index is -0.290. The van der Waals surface area contributed by atoms with Crippen molar-refractivity contribution in [2.24, 2.45) is 4.99 Å². The van der Waals surface area contributed by atoms with Crippen molar-refractivity contribution in [3.63, 3.8) is 0 Å². The number of nitrogens with zero attached hydrogens (tertiary/aromatic N) is 2. The summed E-state index contributed by atoms with van der Waals surface area (Å²) in [7, 11) is 4.13. The Morgan fingerprint density at radius 2 is 2.08 bits per heavy atom. The van der Waals surface area contributed by atoms with Gasteiger partial charge in [-0.1, -0.05) is 13.0 Å². The predicted molar refractivity (Wildman–Crippen MR) is 98.3 cm³/mol. The highest BCUT2D eigenvalue weighted by Crippen LogP contribution is 2.15. The summed E-state index contributed by atoms with van der Waals surface area (Å²) in [5.74, 6) is 1.04. The third-order valence-electron chi connectivity index (χ3n) is 3.43. The molecule has 0 aliphatic carbocycles. The lowest BCUT2D eigenvalue weighted by Crippen LogP contribution is -2.39. The molecule has 0 radical (unpaired) electrons. The normalized spacial score (nSPS) is 13.0. The molecule has 2 N–H and O–H groups in total. The van der Waals surface area contributed by atoms with Crippen molar-refractivity contribution in [2.75, 3.05) is 40.3 Å². The molecule has 0 bridgehead atoms. The number of hydrogen-bond donors (Lipinski definition) is 2. The zero-order valence-corrected chi connectivity index (χ0v) is 15.3. The van der Waals surface area contributed by atoms with E-state index in [1.807, 2.05) is 13.8 Å². The zero-order chi connectivity index (χ0) is 17.8. The Hall–Kier alpha value is -1.82. The minimum absolute atomic E-state index is 0.0796. The largest absolute Gasteiger partial charge is 0.488 e. The number of rotatable bonds is 10. The molecule has 6 heteroatoms. The molecule has 1 aromatic carbocycles. The standard InChI is InChI=1S/C18H31FN4O/c1-5-16(24-17-10-7-9-15(19)13-17)14-22-18(20-6-2)21-11-8-12-23(3)4/h7,9-10,13,16H,5-6,8,11-12,14H2,1-4H3,(H2,20,21,22). The SMILES string of the molecule is CCNC(=NCC(CC)Oc1cccc(F)c1)NCCCN(C)C. The van der Waals surface area contributed by atoms with E-state index < -0.39 is 0 Å². The molecule has 0 aliphatic rings. The monoisotopic (exact) mass is 338 g/mol. The molecular weight excluding hydrogens is 307 g/mol. The molecule has 136 valence electrons. The Morgan fingerprint density at radius 3 is 2.71 bits per heavy atom. The van der Waals surface area contributed by atoms with Gasteiger partial charge in [-0.3, -0.25) is 0 Å². The fourth-order valence-electron chi connectivity index (χ4n) is 2.12. The fraction of sp³-hybridized carbons (Fsp3) is 0.611. The molecule has 24 heavy (non-hydrogen) atoms. The van der Waals surface area contributed by atoms with Crippen LogP contribution in [0, 0.1) is 5.82 Å². The number of halogens is 1. The highest BCUT2D eigenvalue weighted by atomic mass is 19.1. The maximum Gasteiger partial charge on any atom is 0.191 e. The Kier molecular flexibility index (Phi) is 9.84. The van der Waals surface area contributed by atoms with E-state index in [9.17, 15) is 4.39 Å². The first-order chi connectivity index (χ1) is 11.5. The van der Waals surface area contributed by atoms with E-state index in [1.54, 1.807) is 12.1 Å². The molecule has 0 heterocycles. The van der Waals surface area contributed by atoms with Crippen molar-refractivity contribution in [2.45, 2.75) is 32.8 Å². The number of hydrogen-bond acceptors (Lipinski definition) is 3. The van der Waals surface area contributed by atoms with E-state index in [4.69, 9.17) is 4.74 Å². The van der Waals surface area contributed by atoms with Crippen LogP contribution in [0.5, 0.6) is 5.75 Å². The molecule has 0 saturated carbocycles. The Labute approximate surface area is 145 Å². The van der Waals surface area contributed by atoms with Crippen molar-refractivity contribution in [3.05, 3.63) is 30.1 Å². The summed E-state index contributed by atoms with van der Waals surface area (Å²) in [6.07, 6.45) is 1.78. The lowest BCUT2D eigenvalue weighted by Gasteiger charge is -2.17. The van der Waals surface area contributed by atoms with Crippen molar-refractivity contribution >= 4 is 5.96 Å². The second-order valence-corrected chi connectivity index (χ2v) is 5.91. The summed E-state index contributed by atoms with van der Waals surface area (Å²) in [5.41, 5.74) is 0. The predicted octanol–water partition coefficient (Wildman–Crippen LogP) is 2.49. The van der Waals surface area contributed by atoms with Crippen LogP contribution in [0.4, 0.5) is 4.39 Å². The van der Waals surface area contributed by atoms with Crippen molar-refractivity contribution in [1.82, 2.24) is 15.5 Å². The van der Waals surface area contributed by atoms with Crippen LogP contribution in [0.25, 0.3) is 0 Å². The maximum atomic E-state index is 13.2. The molecule has 0 spiro atoms. The summed E-state index contributed by atoms with van der Waals surface area (Å²) in [6.45, 7) is 7.31. The average molecular weight is 338 g/mol. The first-order valence-corrected chi connectivity index (χ1v) is 8.64. The summed E-state index contributed by atoms with van der Waals surface area (Å²) in [6, 6.07) is 6.22. The molecule has 1 rings (SSSR count). The van der Waals surface area contributed by atoms with Crippen molar-refractivity contribution in [3.8, 4) is 5.75 Å². The summed E-state index contributed by atoms with van der Waals surface area (Å²) < 4.78 is 19.1. The average Bonchev–Trinajstić information content (AvgIpc) is 2.54. The van der Waals surface area contributed by atoms with Gasteiger partial charge in [0.05, 0.1) is 6.54 Å². The first kappa shape index (κ1) is 20.2. The van der Waals surface area contributed by atoms with Gasteiger partial charge in [-0.25, -0.2) is 9.38 Å². The number of nitrogens with one attached hydrogen (secondary N) is 2. The molecule has 5 nitrogen and oxygen atoms in total. The van der Waals surface area contributed by atoms with Crippen LogP contribution in [0.1, 0.15) is 26.7 Å². The Balaban J connectivity index is 2.51. The number of aliphatic imine (C=N–C) groups is 1. The van der Waals surface area contributed by atoms with Gasteiger partial charge in [0.1, 0.15) is 17.7 Å². The fourth-order valence-corrected chi connectivity index (χ4v) is 2.12. The number of guanidine groups is 1. The molecule has 0 aromatic heterocycles. The van der Waals surface area contributed by atoms with Crippen LogP contribution in [-0.2, 0) is 0 Å². The molecule has 1 aromatic rings. The van der Waals surface area contributed by atoms with Crippen LogP contribution in [0.15, 0.2) is 29.3 Å². The summed E-state index contributed by atoms with van der Waals surface area (Å²) in [4.78, 5) is 6.74. The van der Waals surface area contributed by atoms with Crippen molar-refractivity contribution in [1.29, 1.82) is 0 Å². The van der Waals surface area contributed by atoms with Crippen LogP contribution in [0.2, 0.25) is 0 Å². The van der Waals surface area contributed by atoms with E-state index in [0.29, 0.717) is 12.3 Å². The summed E-state index contributed by atoms with van der Waals surface area (Å²) >= 11 is 0. The van der Waals surface area contributed by atoms with Gasteiger partial charge in [0.15, 0.2) is 5.96 Å². The van der Waals surface area contributed by atoms with Gasteiger partial charge in [0.2, 0.25) is 0 Å². The van der Waals surface area contributed by atoms with E-state index in [1.165, 1.54) is 12.1 Å². The second-order valence-electron chi connectivity index (χ2n) is 5.91. The quantitative estimate of drug-likeness (QED) is 0.391. The molecule has 0 aliphatic heterocycles. The van der Waals surface area contributed by atoms with Crippen LogP contribution < -0.4 is 15.4 Å². The third-order valence-corrected chi connectivity index (χ3v) is 3.43. The third kappa shape index (κ3) is 8.72. The zero-order valence-electron chi connectivity index (χ0n) is 15.3. The first-order valence-electron chi connectivity index (χ1n) is 8.64. The van der Waals surface area contributed by atoms with E-state index >= 15 is 0 Å².